The second-order valence-corrected chi connectivity index (χ2v) is 4.22. The molecule has 5 nitrogen and oxygen atoms in total. The molecule has 1 aliphatic heterocycles. The number of aliphatic carboxylic acids is 1. The van der Waals surface area contributed by atoms with E-state index >= 15 is 0 Å². The lowest BCUT2D eigenvalue weighted by Crippen LogP contribution is -2.41. The van der Waals surface area contributed by atoms with Gasteiger partial charge in [-0.3, -0.25) is 0 Å². The van der Waals surface area contributed by atoms with Gasteiger partial charge in [0.25, 0.3) is 0 Å². The van der Waals surface area contributed by atoms with Gasteiger partial charge >= 0.3 is 5.97 Å². The van der Waals surface area contributed by atoms with Crippen molar-refractivity contribution in [1.82, 2.24) is 0 Å². The van der Waals surface area contributed by atoms with E-state index in [1.54, 1.807) is 14.0 Å². The van der Waals surface area contributed by atoms with Gasteiger partial charge in [-0.25, -0.2) is 4.79 Å². The topological polar surface area (TPSA) is 65.0 Å². The van der Waals surface area contributed by atoms with Crippen LogP contribution in [0.1, 0.15) is 26.2 Å². The monoisotopic (exact) mass is 232 g/mol. The number of methoxy groups -OCH3 is 1. The summed E-state index contributed by atoms with van der Waals surface area (Å²) >= 11 is 0. The quantitative estimate of drug-likeness (QED) is 0.711. The lowest BCUT2D eigenvalue weighted by atomic mass is 10.0. The Bertz CT molecular complexity index is 224. The van der Waals surface area contributed by atoms with Crippen molar-refractivity contribution < 1.29 is 24.1 Å². The smallest absolute Gasteiger partial charge is 0.335 e. The highest BCUT2D eigenvalue weighted by atomic mass is 16.6. The summed E-state index contributed by atoms with van der Waals surface area (Å²) < 4.78 is 15.7. The first-order chi connectivity index (χ1) is 7.58. The second-order valence-electron chi connectivity index (χ2n) is 4.22. The van der Waals surface area contributed by atoms with E-state index in [0.717, 1.165) is 19.4 Å². The summed E-state index contributed by atoms with van der Waals surface area (Å²) in [6, 6.07) is 0. The second kappa shape index (κ2) is 6.18. The molecule has 0 saturated carbocycles. The molecule has 0 bridgehead atoms. The van der Waals surface area contributed by atoms with Crippen molar-refractivity contribution >= 4 is 5.97 Å². The molecule has 2 atom stereocenters. The predicted octanol–water partition coefficient (Wildman–Crippen LogP) is 1.06. The Labute approximate surface area is 95.7 Å². The highest BCUT2D eigenvalue weighted by molar-refractivity contribution is 5.76. The van der Waals surface area contributed by atoms with Gasteiger partial charge in [-0.1, -0.05) is 0 Å². The summed E-state index contributed by atoms with van der Waals surface area (Å²) in [7, 11) is 1.54. The third-order valence-electron chi connectivity index (χ3n) is 2.85. The third kappa shape index (κ3) is 3.73. The van der Waals surface area contributed by atoms with E-state index in [0.29, 0.717) is 19.6 Å². The first-order valence-corrected chi connectivity index (χ1v) is 5.56. The van der Waals surface area contributed by atoms with Gasteiger partial charge in [0.15, 0.2) is 5.60 Å². The fourth-order valence-electron chi connectivity index (χ4n) is 1.59. The number of hydrogen-bond donors (Lipinski definition) is 1. The molecule has 5 heteroatoms. The van der Waals surface area contributed by atoms with E-state index in [9.17, 15) is 4.79 Å². The normalized spacial score (nSPS) is 24.2. The third-order valence-corrected chi connectivity index (χ3v) is 2.85. The van der Waals surface area contributed by atoms with Crippen LogP contribution in [-0.2, 0) is 19.0 Å². The maximum atomic E-state index is 11.1. The van der Waals surface area contributed by atoms with E-state index < -0.39 is 11.6 Å². The minimum absolute atomic E-state index is 0.0428. The van der Waals surface area contributed by atoms with Gasteiger partial charge in [-0.2, -0.15) is 0 Å². The van der Waals surface area contributed by atoms with Crippen LogP contribution in [-0.4, -0.2) is 49.7 Å². The van der Waals surface area contributed by atoms with Crippen molar-refractivity contribution in [2.75, 3.05) is 26.9 Å². The van der Waals surface area contributed by atoms with Crippen LogP contribution in [0.25, 0.3) is 0 Å². The molecule has 0 aliphatic carbocycles. The highest BCUT2D eigenvalue weighted by Gasteiger charge is 2.35. The van der Waals surface area contributed by atoms with Crippen molar-refractivity contribution in [3.05, 3.63) is 0 Å². The number of carboxylic acids is 1. The van der Waals surface area contributed by atoms with Gasteiger partial charge in [0.05, 0.1) is 12.7 Å². The summed E-state index contributed by atoms with van der Waals surface area (Å²) in [5, 5.41) is 9.11. The maximum absolute atomic E-state index is 11.1. The van der Waals surface area contributed by atoms with Crippen LogP contribution >= 0.6 is 0 Å². The van der Waals surface area contributed by atoms with E-state index in [2.05, 4.69) is 0 Å². The van der Waals surface area contributed by atoms with Crippen LogP contribution in [0, 0.1) is 0 Å². The van der Waals surface area contributed by atoms with Crippen molar-refractivity contribution in [3.8, 4) is 0 Å². The van der Waals surface area contributed by atoms with Crippen molar-refractivity contribution in [1.29, 1.82) is 0 Å². The van der Waals surface area contributed by atoms with Crippen LogP contribution in [0.2, 0.25) is 0 Å². The molecule has 1 saturated heterocycles. The molecule has 0 radical (unpaired) electrons. The number of ether oxygens (including phenoxy) is 3. The van der Waals surface area contributed by atoms with Gasteiger partial charge in [-0.05, 0) is 19.8 Å². The van der Waals surface area contributed by atoms with Crippen LogP contribution in [0.4, 0.5) is 0 Å². The zero-order chi connectivity index (χ0) is 12.0. The number of hydrogen-bond acceptors (Lipinski definition) is 4. The van der Waals surface area contributed by atoms with Crippen LogP contribution in [0.15, 0.2) is 0 Å². The van der Waals surface area contributed by atoms with E-state index in [4.69, 9.17) is 19.3 Å². The minimum atomic E-state index is -1.18. The molecule has 0 amide bonds. The van der Waals surface area contributed by atoms with E-state index in [-0.39, 0.29) is 6.10 Å². The molecule has 1 fully saturated rings. The molecular formula is C11H20O5. The van der Waals surface area contributed by atoms with Gasteiger partial charge in [0.1, 0.15) is 0 Å². The molecule has 0 aromatic rings. The zero-order valence-electron chi connectivity index (χ0n) is 9.90. The molecule has 0 aromatic carbocycles. The largest absolute Gasteiger partial charge is 0.479 e. The van der Waals surface area contributed by atoms with Crippen molar-refractivity contribution in [2.45, 2.75) is 37.9 Å². The fraction of sp³-hybridized carbons (Fsp3) is 0.909. The Morgan fingerprint density at radius 3 is 2.88 bits per heavy atom. The van der Waals surface area contributed by atoms with Gasteiger partial charge in [0.2, 0.25) is 0 Å². The molecule has 0 spiro atoms. The van der Waals surface area contributed by atoms with Gasteiger partial charge < -0.3 is 19.3 Å². The maximum Gasteiger partial charge on any atom is 0.335 e. The Kier molecular flexibility index (Phi) is 5.18. The molecule has 2 unspecified atom stereocenters. The fourth-order valence-corrected chi connectivity index (χ4v) is 1.59. The zero-order valence-corrected chi connectivity index (χ0v) is 9.90. The molecule has 1 aliphatic rings. The number of rotatable bonds is 7. The van der Waals surface area contributed by atoms with Crippen LogP contribution < -0.4 is 0 Å². The van der Waals surface area contributed by atoms with Crippen molar-refractivity contribution in [3.63, 3.8) is 0 Å². The first kappa shape index (κ1) is 13.4. The Balaban J connectivity index is 2.39. The number of carboxylic acid groups (broad SMARTS) is 1. The molecule has 16 heavy (non-hydrogen) atoms. The summed E-state index contributed by atoms with van der Waals surface area (Å²) in [5.74, 6) is -0.956. The lowest BCUT2D eigenvalue weighted by Gasteiger charge is -2.26. The first-order valence-electron chi connectivity index (χ1n) is 5.56. The molecule has 1 N–H and O–H groups in total. The van der Waals surface area contributed by atoms with E-state index in [1.807, 2.05) is 0 Å². The van der Waals surface area contributed by atoms with Crippen LogP contribution in [0.5, 0.6) is 0 Å². The molecular weight excluding hydrogens is 212 g/mol. The van der Waals surface area contributed by atoms with Crippen molar-refractivity contribution in [2.24, 2.45) is 0 Å². The molecule has 94 valence electrons. The average molecular weight is 232 g/mol. The summed E-state index contributed by atoms with van der Waals surface area (Å²) in [4.78, 5) is 11.1. The Morgan fingerprint density at radius 2 is 2.38 bits per heavy atom. The van der Waals surface area contributed by atoms with E-state index in [1.165, 1.54) is 0 Å². The summed E-state index contributed by atoms with van der Waals surface area (Å²) in [6.07, 6.45) is 2.35. The SMILES string of the molecule is COCCC(C)(OCC1CCCO1)C(=O)O. The Morgan fingerprint density at radius 1 is 1.62 bits per heavy atom. The Hall–Kier alpha value is -0.650. The summed E-state index contributed by atoms with van der Waals surface area (Å²) in [5.41, 5.74) is -1.18. The standard InChI is InChI=1S/C11H20O5/c1-11(10(12)13,5-7-14-2)16-8-9-4-3-6-15-9/h9H,3-8H2,1-2H3,(H,12,13). The average Bonchev–Trinajstić information content (AvgIpc) is 2.76. The van der Waals surface area contributed by atoms with Gasteiger partial charge in [-0.15, -0.1) is 0 Å². The molecule has 1 heterocycles. The molecule has 1 rings (SSSR count). The lowest BCUT2D eigenvalue weighted by molar-refractivity contribution is -0.169. The predicted molar refractivity (Wildman–Crippen MR) is 57.5 cm³/mol. The minimum Gasteiger partial charge on any atom is -0.479 e. The van der Waals surface area contributed by atoms with Crippen LogP contribution in [0.3, 0.4) is 0 Å². The molecule has 0 aromatic heterocycles. The number of carbonyl (C=O) groups is 1. The summed E-state index contributed by atoms with van der Waals surface area (Å²) in [6.45, 7) is 3.03. The van der Waals surface area contributed by atoms with Gasteiger partial charge in [0, 0.05) is 26.7 Å². The highest BCUT2D eigenvalue weighted by Crippen LogP contribution is 2.20.